The van der Waals surface area contributed by atoms with E-state index in [4.69, 9.17) is 9.72 Å². The number of hydrogen-bond acceptors (Lipinski definition) is 6. The number of methoxy groups -OCH3 is 1. The van der Waals surface area contributed by atoms with Crippen LogP contribution in [0, 0.1) is 0 Å². The lowest BCUT2D eigenvalue weighted by Gasteiger charge is -2.08. The standard InChI is InChI=1S/C22H18N6O/c1-29-17-8-10-24-21(12-17)26-20-7-6-19-22(27-20)28(14-25-19)13-15-4-5-18-16(11-15)3-2-9-23-18/h2-12,14H,13H2,1H3,(H,24,26,27). The smallest absolute Gasteiger partial charge is 0.162 e. The van der Waals surface area contributed by atoms with Crippen molar-refractivity contribution < 1.29 is 4.74 Å². The molecule has 0 saturated carbocycles. The van der Waals surface area contributed by atoms with E-state index < -0.39 is 0 Å². The van der Waals surface area contributed by atoms with E-state index in [9.17, 15) is 0 Å². The average Bonchev–Trinajstić information content (AvgIpc) is 3.16. The lowest BCUT2D eigenvalue weighted by Crippen LogP contribution is -2.01. The topological polar surface area (TPSA) is 77.8 Å². The molecule has 0 aliphatic rings. The van der Waals surface area contributed by atoms with Gasteiger partial charge >= 0.3 is 0 Å². The molecule has 0 fully saturated rings. The van der Waals surface area contributed by atoms with Gasteiger partial charge in [0.1, 0.15) is 22.9 Å². The minimum absolute atomic E-state index is 0.671. The summed E-state index contributed by atoms with van der Waals surface area (Å²) in [6.45, 7) is 0.676. The number of anilines is 2. The number of benzene rings is 1. The zero-order valence-corrected chi connectivity index (χ0v) is 15.8. The number of imidazole rings is 1. The van der Waals surface area contributed by atoms with Gasteiger partial charge in [0, 0.05) is 23.8 Å². The molecule has 5 aromatic rings. The van der Waals surface area contributed by atoms with Crippen molar-refractivity contribution in [3.8, 4) is 5.75 Å². The van der Waals surface area contributed by atoms with E-state index in [2.05, 4.69) is 38.5 Å². The fourth-order valence-electron chi connectivity index (χ4n) is 3.28. The van der Waals surface area contributed by atoms with E-state index in [0.717, 1.165) is 27.8 Å². The number of pyridine rings is 3. The fraction of sp³-hybridized carbons (Fsp3) is 0.0909. The zero-order valence-electron chi connectivity index (χ0n) is 15.8. The summed E-state index contributed by atoms with van der Waals surface area (Å²) in [5.41, 5.74) is 3.81. The summed E-state index contributed by atoms with van der Waals surface area (Å²) in [5, 5.41) is 4.34. The number of hydrogen-bond donors (Lipinski definition) is 1. The van der Waals surface area contributed by atoms with E-state index in [0.29, 0.717) is 18.2 Å². The van der Waals surface area contributed by atoms with Gasteiger partial charge in [0.15, 0.2) is 5.65 Å². The second-order valence-electron chi connectivity index (χ2n) is 6.65. The van der Waals surface area contributed by atoms with Crippen molar-refractivity contribution in [3.63, 3.8) is 0 Å². The molecule has 7 nitrogen and oxygen atoms in total. The molecular weight excluding hydrogens is 364 g/mol. The number of nitrogens with one attached hydrogen (secondary N) is 1. The van der Waals surface area contributed by atoms with Gasteiger partial charge in [0.05, 0.1) is 25.5 Å². The van der Waals surface area contributed by atoms with Crippen molar-refractivity contribution in [2.45, 2.75) is 6.54 Å². The minimum Gasteiger partial charge on any atom is -0.497 e. The first-order valence-electron chi connectivity index (χ1n) is 9.21. The lowest BCUT2D eigenvalue weighted by molar-refractivity contribution is 0.414. The van der Waals surface area contributed by atoms with Crippen LogP contribution in [0.2, 0.25) is 0 Å². The zero-order chi connectivity index (χ0) is 19.6. The third-order valence-corrected chi connectivity index (χ3v) is 4.71. The van der Waals surface area contributed by atoms with Crippen molar-refractivity contribution in [2.75, 3.05) is 12.4 Å². The molecule has 0 amide bonds. The molecule has 5 rings (SSSR count). The van der Waals surface area contributed by atoms with E-state index in [1.54, 1.807) is 25.6 Å². The van der Waals surface area contributed by atoms with Gasteiger partial charge in [-0.15, -0.1) is 0 Å². The van der Waals surface area contributed by atoms with Crippen LogP contribution in [0.25, 0.3) is 22.1 Å². The third kappa shape index (κ3) is 3.45. The lowest BCUT2D eigenvalue weighted by atomic mass is 10.1. The van der Waals surface area contributed by atoms with Gasteiger partial charge < -0.3 is 14.6 Å². The van der Waals surface area contributed by atoms with E-state index >= 15 is 0 Å². The van der Waals surface area contributed by atoms with E-state index in [-0.39, 0.29) is 0 Å². The molecule has 29 heavy (non-hydrogen) atoms. The quantitative estimate of drug-likeness (QED) is 0.491. The molecule has 142 valence electrons. The number of aromatic nitrogens is 5. The van der Waals surface area contributed by atoms with Crippen LogP contribution in [-0.4, -0.2) is 31.6 Å². The maximum atomic E-state index is 5.25. The Balaban J connectivity index is 1.45. The van der Waals surface area contributed by atoms with Crippen molar-refractivity contribution in [1.82, 2.24) is 24.5 Å². The summed E-state index contributed by atoms with van der Waals surface area (Å²) in [6.07, 6.45) is 5.32. The normalized spacial score (nSPS) is 11.1. The average molecular weight is 382 g/mol. The summed E-state index contributed by atoms with van der Waals surface area (Å²) in [6, 6.07) is 17.8. The largest absolute Gasteiger partial charge is 0.497 e. The van der Waals surface area contributed by atoms with Crippen LogP contribution >= 0.6 is 0 Å². The molecule has 1 aromatic carbocycles. The van der Waals surface area contributed by atoms with Gasteiger partial charge in [-0.3, -0.25) is 4.98 Å². The summed E-state index contributed by atoms with van der Waals surface area (Å²) in [7, 11) is 1.63. The van der Waals surface area contributed by atoms with Gasteiger partial charge in [0.25, 0.3) is 0 Å². The van der Waals surface area contributed by atoms with Crippen LogP contribution in [0.3, 0.4) is 0 Å². The van der Waals surface area contributed by atoms with Gasteiger partial charge in [-0.05, 0) is 42.0 Å². The molecule has 0 aliphatic heterocycles. The van der Waals surface area contributed by atoms with Gasteiger partial charge in [-0.25, -0.2) is 15.0 Å². The summed E-state index contributed by atoms with van der Waals surface area (Å²) in [5.74, 6) is 2.10. The highest BCUT2D eigenvalue weighted by atomic mass is 16.5. The second kappa shape index (κ2) is 7.20. The highest BCUT2D eigenvalue weighted by Crippen LogP contribution is 2.21. The Morgan fingerprint density at radius 3 is 2.76 bits per heavy atom. The second-order valence-corrected chi connectivity index (χ2v) is 6.65. The Morgan fingerprint density at radius 1 is 0.897 bits per heavy atom. The van der Waals surface area contributed by atoms with Crippen LogP contribution in [0.1, 0.15) is 5.56 Å². The molecule has 7 heteroatoms. The Morgan fingerprint density at radius 2 is 1.83 bits per heavy atom. The Bertz CT molecular complexity index is 1310. The van der Waals surface area contributed by atoms with Gasteiger partial charge in [0.2, 0.25) is 0 Å². The molecule has 4 heterocycles. The van der Waals surface area contributed by atoms with Crippen molar-refractivity contribution in [1.29, 1.82) is 0 Å². The van der Waals surface area contributed by atoms with Crippen LogP contribution in [-0.2, 0) is 6.54 Å². The maximum Gasteiger partial charge on any atom is 0.162 e. The van der Waals surface area contributed by atoms with Crippen molar-refractivity contribution in [2.24, 2.45) is 0 Å². The Labute approximate surface area is 167 Å². The minimum atomic E-state index is 0.671. The maximum absolute atomic E-state index is 5.25. The molecule has 0 spiro atoms. The van der Waals surface area contributed by atoms with Crippen LogP contribution < -0.4 is 10.1 Å². The Kier molecular flexibility index (Phi) is 4.25. The molecule has 0 atom stereocenters. The fourth-order valence-corrected chi connectivity index (χ4v) is 3.28. The first kappa shape index (κ1) is 17.1. The van der Waals surface area contributed by atoms with E-state index in [1.807, 2.05) is 41.2 Å². The Hall–Kier alpha value is -4.00. The number of fused-ring (bicyclic) bond motifs is 2. The molecule has 0 radical (unpaired) electrons. The van der Waals surface area contributed by atoms with Crippen LogP contribution in [0.4, 0.5) is 11.6 Å². The highest BCUT2D eigenvalue weighted by Gasteiger charge is 2.08. The molecule has 0 unspecified atom stereocenters. The predicted molar refractivity (Wildman–Crippen MR) is 112 cm³/mol. The molecule has 0 bridgehead atoms. The summed E-state index contributed by atoms with van der Waals surface area (Å²) in [4.78, 5) is 17.9. The number of rotatable bonds is 5. The molecular formula is C22H18N6O. The summed E-state index contributed by atoms with van der Waals surface area (Å²) < 4.78 is 7.29. The molecule has 0 saturated heterocycles. The van der Waals surface area contributed by atoms with Crippen LogP contribution in [0.5, 0.6) is 5.75 Å². The van der Waals surface area contributed by atoms with Crippen LogP contribution in [0.15, 0.2) is 73.3 Å². The molecule has 1 N–H and O–H groups in total. The first-order valence-corrected chi connectivity index (χ1v) is 9.21. The highest BCUT2D eigenvalue weighted by molar-refractivity contribution is 5.79. The van der Waals surface area contributed by atoms with Crippen molar-refractivity contribution >= 4 is 33.7 Å². The molecule has 0 aliphatic carbocycles. The van der Waals surface area contributed by atoms with E-state index in [1.165, 1.54) is 5.56 Å². The SMILES string of the molecule is COc1ccnc(Nc2ccc3ncn(Cc4ccc5ncccc5c4)c3n2)c1. The predicted octanol–water partition coefficient (Wildman–Crippen LogP) is 4.18. The number of ether oxygens (including phenoxy) is 1. The summed E-state index contributed by atoms with van der Waals surface area (Å²) >= 11 is 0. The molecule has 4 aromatic heterocycles. The monoisotopic (exact) mass is 382 g/mol. The van der Waals surface area contributed by atoms with Crippen molar-refractivity contribution in [3.05, 3.63) is 78.9 Å². The first-order chi connectivity index (χ1) is 14.3. The third-order valence-electron chi connectivity index (χ3n) is 4.71. The number of nitrogens with zero attached hydrogens (tertiary/aromatic N) is 5. The van der Waals surface area contributed by atoms with Gasteiger partial charge in [-0.2, -0.15) is 0 Å². The van der Waals surface area contributed by atoms with Gasteiger partial charge in [-0.1, -0.05) is 12.1 Å².